The highest BCUT2D eigenvalue weighted by molar-refractivity contribution is 5.54. The van der Waals surface area contributed by atoms with Gasteiger partial charge >= 0.3 is 0 Å². The zero-order chi connectivity index (χ0) is 13.0. The van der Waals surface area contributed by atoms with Crippen LogP contribution in [0.25, 0.3) is 6.08 Å². The predicted octanol–water partition coefficient (Wildman–Crippen LogP) is 2.57. The summed E-state index contributed by atoms with van der Waals surface area (Å²) in [6.45, 7) is 4.69. The van der Waals surface area contributed by atoms with E-state index in [9.17, 15) is 5.11 Å². The number of aryl methyl sites for hydroxylation is 2. The number of imidazole rings is 1. The molecule has 0 bridgehead atoms. The molecule has 1 unspecified atom stereocenters. The Morgan fingerprint density at radius 3 is 2.89 bits per heavy atom. The number of benzene rings is 1. The normalized spacial score (nSPS) is 13.1. The molecule has 1 aromatic heterocycles. The molecule has 1 heterocycles. The second-order valence-electron chi connectivity index (χ2n) is 4.55. The van der Waals surface area contributed by atoms with Gasteiger partial charge in [-0.1, -0.05) is 35.9 Å². The van der Waals surface area contributed by atoms with Gasteiger partial charge in [-0.2, -0.15) is 0 Å². The average molecular weight is 242 g/mol. The van der Waals surface area contributed by atoms with Crippen molar-refractivity contribution in [2.24, 2.45) is 0 Å². The molecule has 0 aliphatic rings. The molecule has 1 atom stereocenters. The third-order valence-corrected chi connectivity index (χ3v) is 2.88. The fourth-order valence-electron chi connectivity index (χ4n) is 1.90. The highest BCUT2D eigenvalue weighted by Crippen LogP contribution is 2.12. The van der Waals surface area contributed by atoms with Crippen molar-refractivity contribution in [3.8, 4) is 0 Å². The van der Waals surface area contributed by atoms with Gasteiger partial charge in [0.1, 0.15) is 0 Å². The molecule has 2 aromatic rings. The van der Waals surface area contributed by atoms with Gasteiger partial charge in [0.2, 0.25) is 0 Å². The van der Waals surface area contributed by atoms with E-state index in [1.807, 2.05) is 22.9 Å². The molecule has 1 N–H and O–H groups in total. The molecule has 0 radical (unpaired) electrons. The Morgan fingerprint density at radius 2 is 2.22 bits per heavy atom. The van der Waals surface area contributed by atoms with Gasteiger partial charge in [0.15, 0.2) is 0 Å². The van der Waals surface area contributed by atoms with Gasteiger partial charge in [0.25, 0.3) is 0 Å². The van der Waals surface area contributed by atoms with E-state index in [1.54, 1.807) is 12.5 Å². The van der Waals surface area contributed by atoms with Crippen molar-refractivity contribution in [2.75, 3.05) is 0 Å². The van der Waals surface area contributed by atoms with Crippen LogP contribution in [0.1, 0.15) is 16.7 Å². The highest BCUT2D eigenvalue weighted by Gasteiger charge is 2.00. The summed E-state index contributed by atoms with van der Waals surface area (Å²) in [6, 6.07) is 6.29. The summed E-state index contributed by atoms with van der Waals surface area (Å²) in [5, 5.41) is 9.89. The first-order valence-electron chi connectivity index (χ1n) is 6.04. The molecule has 0 amide bonds. The number of hydrogen-bond donors (Lipinski definition) is 1. The lowest BCUT2D eigenvalue weighted by molar-refractivity contribution is 0.202. The van der Waals surface area contributed by atoms with Crippen molar-refractivity contribution in [3.63, 3.8) is 0 Å². The average Bonchev–Trinajstić information content (AvgIpc) is 2.80. The summed E-state index contributed by atoms with van der Waals surface area (Å²) in [4.78, 5) is 3.95. The lowest BCUT2D eigenvalue weighted by atomic mass is 10.0. The Morgan fingerprint density at radius 1 is 1.39 bits per heavy atom. The van der Waals surface area contributed by atoms with Gasteiger partial charge in [0.05, 0.1) is 19.0 Å². The molecule has 0 fully saturated rings. The number of aromatic nitrogens is 2. The summed E-state index contributed by atoms with van der Waals surface area (Å²) in [5.74, 6) is 0. The summed E-state index contributed by atoms with van der Waals surface area (Å²) < 4.78 is 1.86. The van der Waals surface area contributed by atoms with E-state index in [0.29, 0.717) is 6.54 Å². The minimum Gasteiger partial charge on any atom is -0.387 e. The third kappa shape index (κ3) is 3.31. The first kappa shape index (κ1) is 12.6. The van der Waals surface area contributed by atoms with Crippen LogP contribution in [0.4, 0.5) is 0 Å². The number of rotatable bonds is 4. The number of aliphatic hydroxyl groups is 1. The molecule has 0 spiro atoms. The zero-order valence-electron chi connectivity index (χ0n) is 10.7. The third-order valence-electron chi connectivity index (χ3n) is 2.88. The Labute approximate surface area is 107 Å². The SMILES string of the molecule is Cc1ccc(C=CC(O)Cn2ccnc2)c(C)c1. The minimum atomic E-state index is -0.500. The second-order valence-corrected chi connectivity index (χ2v) is 4.55. The van der Waals surface area contributed by atoms with Crippen LogP contribution in [0.5, 0.6) is 0 Å². The Bertz CT molecular complexity index is 529. The van der Waals surface area contributed by atoms with Crippen LogP contribution in [-0.2, 0) is 6.54 Å². The number of nitrogens with zero attached hydrogens (tertiary/aromatic N) is 2. The van der Waals surface area contributed by atoms with Crippen molar-refractivity contribution in [3.05, 3.63) is 59.7 Å². The maximum atomic E-state index is 9.89. The summed E-state index contributed by atoms with van der Waals surface area (Å²) in [7, 11) is 0. The molecular weight excluding hydrogens is 224 g/mol. The first-order valence-corrected chi connectivity index (χ1v) is 6.04. The molecule has 94 valence electrons. The summed E-state index contributed by atoms with van der Waals surface area (Å²) in [5.41, 5.74) is 3.62. The van der Waals surface area contributed by atoms with Crippen LogP contribution < -0.4 is 0 Å². The van der Waals surface area contributed by atoms with Gasteiger partial charge in [0, 0.05) is 12.4 Å². The molecule has 3 nitrogen and oxygen atoms in total. The maximum absolute atomic E-state index is 9.89. The zero-order valence-corrected chi connectivity index (χ0v) is 10.7. The van der Waals surface area contributed by atoms with Crippen molar-refractivity contribution in [1.29, 1.82) is 0 Å². The van der Waals surface area contributed by atoms with Crippen LogP contribution >= 0.6 is 0 Å². The van der Waals surface area contributed by atoms with Gasteiger partial charge in [-0.25, -0.2) is 4.98 Å². The standard InChI is InChI=1S/C15H18N2O/c1-12-3-4-14(13(2)9-12)5-6-15(18)10-17-8-7-16-11-17/h3-9,11,15,18H,10H2,1-2H3. The summed E-state index contributed by atoms with van der Waals surface area (Å²) in [6.07, 6.45) is 8.54. The number of aliphatic hydroxyl groups excluding tert-OH is 1. The van der Waals surface area contributed by atoms with E-state index >= 15 is 0 Å². The monoisotopic (exact) mass is 242 g/mol. The van der Waals surface area contributed by atoms with Gasteiger partial charge < -0.3 is 9.67 Å². The molecule has 0 aliphatic heterocycles. The maximum Gasteiger partial charge on any atom is 0.0946 e. The Balaban J connectivity index is 2.01. The number of hydrogen-bond acceptors (Lipinski definition) is 2. The Kier molecular flexibility index (Phi) is 3.95. The molecule has 0 saturated carbocycles. The Hall–Kier alpha value is -1.87. The lowest BCUT2D eigenvalue weighted by Gasteiger charge is -2.07. The van der Waals surface area contributed by atoms with Gasteiger partial charge in [-0.05, 0) is 25.0 Å². The fraction of sp³-hybridized carbons (Fsp3) is 0.267. The summed E-state index contributed by atoms with van der Waals surface area (Å²) >= 11 is 0. The molecule has 0 saturated heterocycles. The first-order chi connectivity index (χ1) is 8.65. The fourth-order valence-corrected chi connectivity index (χ4v) is 1.90. The molecule has 0 aliphatic carbocycles. The van der Waals surface area contributed by atoms with Crippen LogP contribution in [-0.4, -0.2) is 20.8 Å². The van der Waals surface area contributed by atoms with E-state index in [-0.39, 0.29) is 0 Å². The molecule has 2 rings (SSSR count). The van der Waals surface area contributed by atoms with Crippen LogP contribution in [0.3, 0.4) is 0 Å². The van der Waals surface area contributed by atoms with Crippen LogP contribution in [0.2, 0.25) is 0 Å². The predicted molar refractivity (Wildman–Crippen MR) is 73.2 cm³/mol. The largest absolute Gasteiger partial charge is 0.387 e. The topological polar surface area (TPSA) is 38.0 Å². The van der Waals surface area contributed by atoms with Crippen molar-refractivity contribution in [2.45, 2.75) is 26.5 Å². The van der Waals surface area contributed by atoms with E-state index < -0.39 is 6.10 Å². The minimum absolute atomic E-state index is 0.500. The van der Waals surface area contributed by atoms with Gasteiger partial charge in [-0.3, -0.25) is 0 Å². The van der Waals surface area contributed by atoms with Crippen molar-refractivity contribution in [1.82, 2.24) is 9.55 Å². The van der Waals surface area contributed by atoms with E-state index in [4.69, 9.17) is 0 Å². The van der Waals surface area contributed by atoms with E-state index in [1.165, 1.54) is 11.1 Å². The quantitative estimate of drug-likeness (QED) is 0.894. The smallest absolute Gasteiger partial charge is 0.0946 e. The molecular formula is C15H18N2O. The van der Waals surface area contributed by atoms with Crippen molar-refractivity contribution >= 4 is 6.08 Å². The van der Waals surface area contributed by atoms with Crippen molar-refractivity contribution < 1.29 is 5.11 Å². The molecule has 18 heavy (non-hydrogen) atoms. The highest BCUT2D eigenvalue weighted by atomic mass is 16.3. The second kappa shape index (κ2) is 5.65. The van der Waals surface area contributed by atoms with Crippen LogP contribution in [0.15, 0.2) is 43.0 Å². The van der Waals surface area contributed by atoms with Crippen LogP contribution in [0, 0.1) is 13.8 Å². The lowest BCUT2D eigenvalue weighted by Crippen LogP contribution is -2.11. The molecule has 1 aromatic carbocycles. The molecule has 3 heteroatoms. The van der Waals surface area contributed by atoms with Gasteiger partial charge in [-0.15, -0.1) is 0 Å². The van der Waals surface area contributed by atoms with E-state index in [2.05, 4.69) is 37.0 Å². The van der Waals surface area contributed by atoms with E-state index in [0.717, 1.165) is 5.56 Å².